The quantitative estimate of drug-likeness (QED) is 0.240. The lowest BCUT2D eigenvalue weighted by Gasteiger charge is -2.25. The van der Waals surface area contributed by atoms with Gasteiger partial charge in [0.25, 0.3) is 0 Å². The van der Waals surface area contributed by atoms with Crippen LogP contribution in [-0.2, 0) is 10.2 Å². The molecular weight excluding hydrogens is 435 g/mol. The number of hydrogen-bond acceptors (Lipinski definition) is 4. The van der Waals surface area contributed by atoms with E-state index >= 15 is 0 Å². The van der Waals surface area contributed by atoms with E-state index in [0.717, 1.165) is 45.2 Å². The summed E-state index contributed by atoms with van der Waals surface area (Å²) in [7, 11) is 5.69. The fourth-order valence-corrected chi connectivity index (χ4v) is 3.08. The third kappa shape index (κ3) is 9.19. The fourth-order valence-electron chi connectivity index (χ4n) is 2.23. The number of halogens is 1. The van der Waals surface area contributed by atoms with Crippen LogP contribution in [0.2, 0.25) is 0 Å². The zero-order valence-corrected chi connectivity index (χ0v) is 18.7. The van der Waals surface area contributed by atoms with E-state index in [4.69, 9.17) is 4.74 Å². The first-order valence-electron chi connectivity index (χ1n) is 8.15. The molecule has 7 heteroatoms. The van der Waals surface area contributed by atoms with Crippen molar-refractivity contribution in [2.45, 2.75) is 25.7 Å². The molecule has 1 aromatic rings. The van der Waals surface area contributed by atoms with Crippen LogP contribution in [-0.4, -0.2) is 64.9 Å². The summed E-state index contributed by atoms with van der Waals surface area (Å²) in [6.45, 7) is 9.09. The molecule has 0 fully saturated rings. The van der Waals surface area contributed by atoms with Crippen molar-refractivity contribution in [1.82, 2.24) is 15.5 Å². The molecule has 0 bridgehead atoms. The number of methoxy groups -OCH3 is 1. The topological polar surface area (TPSA) is 48.9 Å². The van der Waals surface area contributed by atoms with Gasteiger partial charge in [0.15, 0.2) is 5.96 Å². The highest BCUT2D eigenvalue weighted by molar-refractivity contribution is 14.0. The summed E-state index contributed by atoms with van der Waals surface area (Å²) in [6.07, 6.45) is 1.06. The average molecular weight is 468 g/mol. The SMILES string of the molecule is CN=C(NCCN(C)CCCOC)NCC(C)(C)c1cccs1.I. The number of thiophene rings is 1. The molecule has 0 unspecified atom stereocenters. The predicted octanol–water partition coefficient (Wildman–Crippen LogP) is 2.78. The summed E-state index contributed by atoms with van der Waals surface area (Å²) in [4.78, 5) is 7.99. The lowest BCUT2D eigenvalue weighted by Crippen LogP contribution is -2.45. The van der Waals surface area contributed by atoms with E-state index in [0.29, 0.717) is 0 Å². The minimum absolute atomic E-state index is 0. The summed E-state index contributed by atoms with van der Waals surface area (Å²) in [5.74, 6) is 0.861. The van der Waals surface area contributed by atoms with Crippen LogP contribution in [0.4, 0.5) is 0 Å². The van der Waals surface area contributed by atoms with Crippen LogP contribution in [0.25, 0.3) is 0 Å². The maximum absolute atomic E-state index is 5.08. The summed E-state index contributed by atoms with van der Waals surface area (Å²) in [5.41, 5.74) is 0.0999. The molecule has 0 amide bonds. The molecule has 0 radical (unpaired) electrons. The molecule has 0 saturated carbocycles. The second kappa shape index (κ2) is 12.9. The number of ether oxygens (including phenoxy) is 1. The lowest BCUT2D eigenvalue weighted by atomic mass is 9.91. The molecule has 1 rings (SSSR count). The van der Waals surface area contributed by atoms with E-state index < -0.39 is 0 Å². The third-order valence-corrected chi connectivity index (χ3v) is 5.02. The Hall–Kier alpha value is -0.380. The van der Waals surface area contributed by atoms with Crippen molar-refractivity contribution in [3.63, 3.8) is 0 Å². The first-order chi connectivity index (χ1) is 11.0. The van der Waals surface area contributed by atoms with Crippen LogP contribution in [0.5, 0.6) is 0 Å². The molecular formula is C17H33IN4OS. The van der Waals surface area contributed by atoms with Crippen LogP contribution >= 0.6 is 35.3 Å². The number of guanidine groups is 1. The van der Waals surface area contributed by atoms with Gasteiger partial charge < -0.3 is 20.3 Å². The molecule has 0 spiro atoms. The molecule has 0 saturated heterocycles. The molecule has 1 aromatic heterocycles. The van der Waals surface area contributed by atoms with Crippen LogP contribution in [0.1, 0.15) is 25.1 Å². The van der Waals surface area contributed by atoms with Crippen molar-refractivity contribution in [3.8, 4) is 0 Å². The first-order valence-corrected chi connectivity index (χ1v) is 9.03. The number of rotatable bonds is 10. The highest BCUT2D eigenvalue weighted by atomic mass is 127. The molecule has 0 aliphatic carbocycles. The van der Waals surface area contributed by atoms with Gasteiger partial charge in [-0.2, -0.15) is 0 Å². The monoisotopic (exact) mass is 468 g/mol. The predicted molar refractivity (Wildman–Crippen MR) is 116 cm³/mol. The van der Waals surface area contributed by atoms with Gasteiger partial charge in [0.2, 0.25) is 0 Å². The van der Waals surface area contributed by atoms with Crippen molar-refractivity contribution >= 4 is 41.3 Å². The van der Waals surface area contributed by atoms with Crippen LogP contribution in [0, 0.1) is 0 Å². The zero-order chi connectivity index (χ0) is 17.1. The Bertz CT molecular complexity index is 451. The van der Waals surface area contributed by atoms with E-state index in [1.165, 1.54) is 4.88 Å². The van der Waals surface area contributed by atoms with Crippen molar-refractivity contribution in [2.24, 2.45) is 4.99 Å². The highest BCUT2D eigenvalue weighted by Gasteiger charge is 2.21. The molecule has 0 aromatic carbocycles. The van der Waals surface area contributed by atoms with Gasteiger partial charge in [-0.3, -0.25) is 4.99 Å². The summed E-state index contributed by atoms with van der Waals surface area (Å²) >= 11 is 1.80. The van der Waals surface area contributed by atoms with E-state index in [1.807, 2.05) is 7.05 Å². The zero-order valence-electron chi connectivity index (χ0n) is 15.6. The number of hydrogen-bond donors (Lipinski definition) is 2. The molecule has 0 aliphatic heterocycles. The van der Waals surface area contributed by atoms with Gasteiger partial charge in [0, 0.05) is 57.2 Å². The van der Waals surface area contributed by atoms with Gasteiger partial charge in [0.1, 0.15) is 0 Å². The van der Waals surface area contributed by atoms with Gasteiger partial charge in [-0.1, -0.05) is 19.9 Å². The van der Waals surface area contributed by atoms with E-state index in [1.54, 1.807) is 18.4 Å². The lowest BCUT2D eigenvalue weighted by molar-refractivity contribution is 0.180. The van der Waals surface area contributed by atoms with Gasteiger partial charge in [0.05, 0.1) is 0 Å². The minimum Gasteiger partial charge on any atom is -0.385 e. The highest BCUT2D eigenvalue weighted by Crippen LogP contribution is 2.26. The van der Waals surface area contributed by atoms with E-state index in [-0.39, 0.29) is 29.4 Å². The van der Waals surface area contributed by atoms with Crippen LogP contribution < -0.4 is 10.6 Å². The number of nitrogens with one attached hydrogen (secondary N) is 2. The summed E-state index contributed by atoms with van der Waals surface area (Å²) in [6, 6.07) is 4.30. The molecule has 0 aliphatic rings. The molecule has 5 nitrogen and oxygen atoms in total. The molecule has 0 atom stereocenters. The standard InChI is InChI=1S/C17H32N4OS.HI/c1-17(2,15-8-6-13-23-15)14-20-16(18-3)19-9-11-21(4)10-7-12-22-5;/h6,8,13H,7,9-12,14H2,1-5H3,(H2,18,19,20);1H. The summed E-state index contributed by atoms with van der Waals surface area (Å²) < 4.78 is 5.08. The maximum Gasteiger partial charge on any atom is 0.191 e. The Labute approximate surface area is 168 Å². The van der Waals surface area contributed by atoms with Crippen LogP contribution in [0.15, 0.2) is 22.5 Å². The van der Waals surface area contributed by atoms with Crippen molar-refractivity contribution < 1.29 is 4.74 Å². The fraction of sp³-hybridized carbons (Fsp3) is 0.706. The number of likely N-dealkylation sites (N-methyl/N-ethyl adjacent to an activating group) is 1. The molecule has 24 heavy (non-hydrogen) atoms. The largest absolute Gasteiger partial charge is 0.385 e. The summed E-state index contributed by atoms with van der Waals surface area (Å²) in [5, 5.41) is 8.94. The van der Waals surface area contributed by atoms with E-state index in [9.17, 15) is 0 Å². The van der Waals surface area contributed by atoms with Crippen LogP contribution in [0.3, 0.4) is 0 Å². The van der Waals surface area contributed by atoms with Gasteiger partial charge in [-0.15, -0.1) is 35.3 Å². The van der Waals surface area contributed by atoms with Crippen molar-refractivity contribution in [3.05, 3.63) is 22.4 Å². The smallest absolute Gasteiger partial charge is 0.191 e. The first kappa shape index (κ1) is 23.6. The Morgan fingerprint density at radius 1 is 1.33 bits per heavy atom. The minimum atomic E-state index is 0. The average Bonchev–Trinajstić information content (AvgIpc) is 3.06. The molecule has 140 valence electrons. The maximum atomic E-state index is 5.08. The normalized spacial score (nSPS) is 12.2. The molecule has 1 heterocycles. The van der Waals surface area contributed by atoms with Crippen molar-refractivity contribution in [2.75, 3.05) is 54.0 Å². The second-order valence-corrected chi connectivity index (χ2v) is 7.31. The molecule has 2 N–H and O–H groups in total. The second-order valence-electron chi connectivity index (χ2n) is 6.36. The third-order valence-electron chi connectivity index (χ3n) is 3.78. The Kier molecular flexibility index (Phi) is 12.7. The number of aliphatic imine (C=N–C) groups is 1. The Morgan fingerprint density at radius 3 is 2.67 bits per heavy atom. The van der Waals surface area contributed by atoms with Gasteiger partial charge in [-0.05, 0) is 24.9 Å². The van der Waals surface area contributed by atoms with Crippen molar-refractivity contribution in [1.29, 1.82) is 0 Å². The number of nitrogens with zero attached hydrogens (tertiary/aromatic N) is 2. The van der Waals surface area contributed by atoms with Gasteiger partial charge >= 0.3 is 0 Å². The van der Waals surface area contributed by atoms with E-state index in [2.05, 4.69) is 58.9 Å². The Morgan fingerprint density at radius 2 is 2.08 bits per heavy atom. The Balaban J connectivity index is 0.00000529. The van der Waals surface area contributed by atoms with Gasteiger partial charge in [-0.25, -0.2) is 0 Å².